The summed E-state index contributed by atoms with van der Waals surface area (Å²) in [6, 6.07) is 7.62. The van der Waals surface area contributed by atoms with Gasteiger partial charge in [-0.1, -0.05) is 12.1 Å². The Labute approximate surface area is 142 Å². The maximum Gasteiger partial charge on any atom is 0.308 e. The van der Waals surface area contributed by atoms with E-state index in [-0.39, 0.29) is 22.9 Å². The number of phenolic OH excluding ortho intramolecular Hbond substituents is 1. The van der Waals surface area contributed by atoms with Gasteiger partial charge >= 0.3 is 5.97 Å². The van der Waals surface area contributed by atoms with Crippen LogP contribution in [0.1, 0.15) is 44.1 Å². The standard InChI is InChI=1S/C20H24O4/c1-23-17(22)16-9-13(16)5-6-18-11-19(18)7-8-20(19,24-12-18)14-3-2-4-15(21)10-14/h2-4,10,13,16,21H,5-9,11-12H2,1H3. The molecule has 4 heteroatoms. The number of rotatable bonds is 5. The molecule has 4 nitrogen and oxygen atoms in total. The van der Waals surface area contributed by atoms with E-state index in [0.717, 1.165) is 37.9 Å². The van der Waals surface area contributed by atoms with Crippen molar-refractivity contribution in [3.8, 4) is 5.75 Å². The second kappa shape index (κ2) is 4.54. The Morgan fingerprint density at radius 2 is 2.29 bits per heavy atom. The summed E-state index contributed by atoms with van der Waals surface area (Å²) in [4.78, 5) is 11.6. The van der Waals surface area contributed by atoms with Gasteiger partial charge in [0.05, 0.1) is 25.2 Å². The molecule has 0 aromatic heterocycles. The highest BCUT2D eigenvalue weighted by molar-refractivity contribution is 5.75. The average Bonchev–Trinajstić information content (AvgIpc) is 3.45. The maximum atomic E-state index is 11.6. The van der Waals surface area contributed by atoms with E-state index >= 15 is 0 Å². The molecule has 1 spiro atoms. The molecule has 3 saturated carbocycles. The van der Waals surface area contributed by atoms with Crippen LogP contribution in [0.4, 0.5) is 0 Å². The molecule has 4 aliphatic rings. The van der Waals surface area contributed by atoms with E-state index in [1.807, 2.05) is 12.1 Å². The fraction of sp³-hybridized carbons (Fsp3) is 0.650. The lowest BCUT2D eigenvalue weighted by Gasteiger charge is -2.48. The van der Waals surface area contributed by atoms with Crippen molar-refractivity contribution >= 4 is 5.97 Å². The van der Waals surface area contributed by atoms with Crippen LogP contribution in [-0.4, -0.2) is 24.8 Å². The summed E-state index contributed by atoms with van der Waals surface area (Å²) in [6.45, 7) is 0.832. The van der Waals surface area contributed by atoms with Crippen LogP contribution in [0.25, 0.3) is 0 Å². The zero-order valence-electron chi connectivity index (χ0n) is 14.1. The normalized spacial score (nSPS) is 44.2. The Kier molecular flexibility index (Phi) is 2.79. The first-order valence-corrected chi connectivity index (χ1v) is 9.07. The van der Waals surface area contributed by atoms with Gasteiger partial charge in [0.15, 0.2) is 0 Å². The zero-order valence-corrected chi connectivity index (χ0v) is 14.1. The third kappa shape index (κ3) is 1.65. The Morgan fingerprint density at radius 3 is 3.00 bits per heavy atom. The van der Waals surface area contributed by atoms with E-state index in [1.54, 1.807) is 6.07 Å². The lowest BCUT2D eigenvalue weighted by Crippen LogP contribution is -2.46. The largest absolute Gasteiger partial charge is 0.508 e. The van der Waals surface area contributed by atoms with Crippen molar-refractivity contribution in [2.75, 3.05) is 13.7 Å². The molecule has 5 rings (SSSR count). The summed E-state index contributed by atoms with van der Waals surface area (Å²) in [7, 11) is 1.48. The van der Waals surface area contributed by atoms with Gasteiger partial charge in [-0.25, -0.2) is 0 Å². The van der Waals surface area contributed by atoms with Gasteiger partial charge in [0.25, 0.3) is 0 Å². The van der Waals surface area contributed by atoms with Crippen LogP contribution < -0.4 is 0 Å². The van der Waals surface area contributed by atoms with E-state index < -0.39 is 0 Å². The highest BCUT2D eigenvalue weighted by Gasteiger charge is 2.84. The summed E-state index contributed by atoms with van der Waals surface area (Å²) >= 11 is 0. The summed E-state index contributed by atoms with van der Waals surface area (Å²) in [5.41, 5.74) is 1.56. The fourth-order valence-corrected chi connectivity index (χ4v) is 5.90. The molecule has 128 valence electrons. The van der Waals surface area contributed by atoms with Gasteiger partial charge in [0, 0.05) is 10.8 Å². The van der Waals surface area contributed by atoms with E-state index in [2.05, 4.69) is 6.07 Å². The van der Waals surface area contributed by atoms with Gasteiger partial charge < -0.3 is 14.6 Å². The van der Waals surface area contributed by atoms with Crippen LogP contribution in [0, 0.1) is 22.7 Å². The molecule has 3 aliphatic carbocycles. The highest BCUT2D eigenvalue weighted by atomic mass is 16.5. The summed E-state index contributed by atoms with van der Waals surface area (Å²) < 4.78 is 11.2. The molecular weight excluding hydrogens is 304 g/mol. The van der Waals surface area contributed by atoms with Crippen LogP contribution >= 0.6 is 0 Å². The lowest BCUT2D eigenvalue weighted by molar-refractivity contribution is -0.142. The minimum Gasteiger partial charge on any atom is -0.508 e. The number of phenols is 1. The number of hydrogen-bond acceptors (Lipinski definition) is 4. The third-order valence-electron chi connectivity index (χ3n) is 7.53. The molecule has 1 saturated heterocycles. The first kappa shape index (κ1) is 14.8. The number of esters is 1. The van der Waals surface area contributed by atoms with Crippen molar-refractivity contribution in [2.24, 2.45) is 22.7 Å². The minimum atomic E-state index is -0.170. The van der Waals surface area contributed by atoms with Crippen molar-refractivity contribution in [3.63, 3.8) is 0 Å². The molecule has 0 amide bonds. The summed E-state index contributed by atoms with van der Waals surface area (Å²) in [5, 5.41) is 9.85. The summed E-state index contributed by atoms with van der Waals surface area (Å²) in [5.74, 6) is 0.939. The molecule has 0 radical (unpaired) electrons. The quantitative estimate of drug-likeness (QED) is 0.842. The monoisotopic (exact) mass is 328 g/mol. The van der Waals surface area contributed by atoms with Crippen LogP contribution in [0.3, 0.4) is 0 Å². The fourth-order valence-electron chi connectivity index (χ4n) is 5.90. The van der Waals surface area contributed by atoms with Gasteiger partial charge in [0.2, 0.25) is 0 Å². The van der Waals surface area contributed by atoms with E-state index in [0.29, 0.717) is 17.1 Å². The van der Waals surface area contributed by atoms with E-state index in [4.69, 9.17) is 9.47 Å². The first-order chi connectivity index (χ1) is 11.6. The van der Waals surface area contributed by atoms with Gasteiger partial charge in [0.1, 0.15) is 5.75 Å². The van der Waals surface area contributed by atoms with Crippen molar-refractivity contribution in [1.82, 2.24) is 0 Å². The lowest BCUT2D eigenvalue weighted by atomic mass is 9.60. The molecule has 1 N–H and O–H groups in total. The van der Waals surface area contributed by atoms with Crippen molar-refractivity contribution in [3.05, 3.63) is 29.8 Å². The highest BCUT2D eigenvalue weighted by Crippen LogP contribution is 2.87. The number of methoxy groups -OCH3 is 1. The molecule has 1 aromatic rings. The Hall–Kier alpha value is -1.55. The number of carbonyl (C=O) groups excluding carboxylic acids is 1. The number of carbonyl (C=O) groups is 1. The Balaban J connectivity index is 1.31. The number of aromatic hydroxyl groups is 1. The Bertz CT molecular complexity index is 711. The molecule has 0 bridgehead atoms. The maximum absolute atomic E-state index is 11.6. The first-order valence-electron chi connectivity index (χ1n) is 9.07. The smallest absolute Gasteiger partial charge is 0.308 e. The van der Waals surface area contributed by atoms with E-state index in [1.165, 1.54) is 20.0 Å². The van der Waals surface area contributed by atoms with Crippen LogP contribution in [0.5, 0.6) is 5.75 Å². The van der Waals surface area contributed by atoms with Crippen LogP contribution in [0.15, 0.2) is 24.3 Å². The average molecular weight is 328 g/mol. The zero-order chi connectivity index (χ0) is 16.6. The SMILES string of the molecule is COC(=O)C1CC1CCC12COC3(c4cccc(O)c4)CCC13C2. The van der Waals surface area contributed by atoms with Crippen molar-refractivity contribution in [2.45, 2.75) is 44.1 Å². The second-order valence-corrected chi connectivity index (χ2v) is 8.37. The molecule has 1 aromatic carbocycles. The molecule has 5 atom stereocenters. The molecule has 1 heterocycles. The second-order valence-electron chi connectivity index (χ2n) is 8.37. The molecule has 4 fully saturated rings. The topological polar surface area (TPSA) is 55.8 Å². The molecule has 24 heavy (non-hydrogen) atoms. The third-order valence-corrected chi connectivity index (χ3v) is 7.53. The summed E-state index contributed by atoms with van der Waals surface area (Å²) in [6.07, 6.45) is 6.80. The van der Waals surface area contributed by atoms with Gasteiger partial charge in [-0.05, 0) is 62.1 Å². The number of hydrogen-bond donors (Lipinski definition) is 1. The molecule has 1 aliphatic heterocycles. The predicted octanol–water partition coefficient (Wildman–Crippen LogP) is 3.38. The van der Waals surface area contributed by atoms with E-state index in [9.17, 15) is 9.90 Å². The van der Waals surface area contributed by atoms with Crippen molar-refractivity contribution in [1.29, 1.82) is 0 Å². The molecule has 5 unspecified atom stereocenters. The van der Waals surface area contributed by atoms with Crippen LogP contribution in [-0.2, 0) is 19.9 Å². The minimum absolute atomic E-state index is 0.0385. The predicted molar refractivity (Wildman–Crippen MR) is 87.3 cm³/mol. The van der Waals surface area contributed by atoms with Gasteiger partial charge in [-0.15, -0.1) is 0 Å². The number of ether oxygens (including phenoxy) is 2. The van der Waals surface area contributed by atoms with Gasteiger partial charge in [-0.2, -0.15) is 0 Å². The van der Waals surface area contributed by atoms with Gasteiger partial charge in [-0.3, -0.25) is 4.79 Å². The van der Waals surface area contributed by atoms with Crippen molar-refractivity contribution < 1.29 is 19.4 Å². The van der Waals surface area contributed by atoms with Crippen LogP contribution in [0.2, 0.25) is 0 Å². The number of benzene rings is 1. The Morgan fingerprint density at radius 1 is 1.42 bits per heavy atom. The molecular formula is C20H24O4.